The van der Waals surface area contributed by atoms with Crippen molar-refractivity contribution >= 4 is 17.2 Å². The van der Waals surface area contributed by atoms with Gasteiger partial charge in [-0.3, -0.25) is 4.79 Å². The monoisotopic (exact) mass is 220 g/mol. The third-order valence-electron chi connectivity index (χ3n) is 2.54. The van der Waals surface area contributed by atoms with Crippen molar-refractivity contribution in [2.75, 3.05) is 6.54 Å². The second-order valence-corrected chi connectivity index (χ2v) is 5.19. The molecule has 1 aromatic rings. The van der Waals surface area contributed by atoms with Crippen LogP contribution in [-0.2, 0) is 11.3 Å². The van der Waals surface area contributed by atoms with Crippen molar-refractivity contribution in [3.63, 3.8) is 0 Å². The maximum Gasteiger partial charge on any atom is 0.224 e. The first-order chi connectivity index (χ1) is 7.19. The minimum absolute atomic E-state index is 0.104. The number of hydrogen-bond acceptors (Lipinski definition) is 3. The third-order valence-corrected chi connectivity index (χ3v) is 3.53. The fourth-order valence-electron chi connectivity index (χ4n) is 1.77. The molecule has 1 unspecified atom stereocenters. The Morgan fingerprint density at radius 1 is 1.67 bits per heavy atom. The van der Waals surface area contributed by atoms with Gasteiger partial charge in [-0.25, -0.2) is 0 Å². The van der Waals surface area contributed by atoms with Crippen LogP contribution in [0.25, 0.3) is 0 Å². The average Bonchev–Trinajstić information content (AvgIpc) is 2.75. The first-order valence-corrected chi connectivity index (χ1v) is 5.73. The summed E-state index contributed by atoms with van der Waals surface area (Å²) in [4.78, 5) is 15.8. The Morgan fingerprint density at radius 2 is 2.47 bits per heavy atom. The van der Waals surface area contributed by atoms with Gasteiger partial charge in [0.25, 0.3) is 0 Å². The van der Waals surface area contributed by atoms with E-state index < -0.39 is 0 Å². The summed E-state index contributed by atoms with van der Waals surface area (Å²) < 4.78 is 0. The SMILES string of the molecule is Cc1ccc(CN2CC(C#N)CC2=O)s1. The zero-order chi connectivity index (χ0) is 10.8. The Bertz CT molecular complexity index is 418. The zero-order valence-corrected chi connectivity index (χ0v) is 9.38. The molecule has 1 aliphatic rings. The van der Waals surface area contributed by atoms with Crippen molar-refractivity contribution in [1.82, 2.24) is 4.90 Å². The molecule has 1 atom stereocenters. The van der Waals surface area contributed by atoms with Gasteiger partial charge < -0.3 is 4.90 Å². The molecule has 0 spiro atoms. The molecule has 0 aromatic carbocycles. The van der Waals surface area contributed by atoms with E-state index in [9.17, 15) is 4.79 Å². The minimum atomic E-state index is -0.112. The van der Waals surface area contributed by atoms with E-state index in [4.69, 9.17) is 5.26 Å². The lowest BCUT2D eigenvalue weighted by Gasteiger charge is -2.13. The van der Waals surface area contributed by atoms with Gasteiger partial charge in [-0.05, 0) is 19.1 Å². The summed E-state index contributed by atoms with van der Waals surface area (Å²) in [6.07, 6.45) is 0.390. The number of nitrogens with zero attached hydrogens (tertiary/aromatic N) is 2. The summed E-state index contributed by atoms with van der Waals surface area (Å²) in [5.74, 6) is -0.00818. The molecule has 0 bridgehead atoms. The van der Waals surface area contributed by atoms with Crippen LogP contribution >= 0.6 is 11.3 Å². The van der Waals surface area contributed by atoms with Crippen molar-refractivity contribution in [3.8, 4) is 6.07 Å². The molecule has 78 valence electrons. The normalized spacial score (nSPS) is 20.7. The molecule has 0 N–H and O–H groups in total. The van der Waals surface area contributed by atoms with Gasteiger partial charge >= 0.3 is 0 Å². The summed E-state index contributed by atoms with van der Waals surface area (Å²) in [5.41, 5.74) is 0. The van der Waals surface area contributed by atoms with Gasteiger partial charge in [-0.1, -0.05) is 0 Å². The van der Waals surface area contributed by atoms with Crippen molar-refractivity contribution in [2.45, 2.75) is 19.9 Å². The highest BCUT2D eigenvalue weighted by Crippen LogP contribution is 2.22. The molecule has 0 aliphatic carbocycles. The van der Waals surface area contributed by atoms with E-state index in [1.165, 1.54) is 9.75 Å². The molecule has 1 amide bonds. The van der Waals surface area contributed by atoms with Crippen LogP contribution < -0.4 is 0 Å². The Kier molecular flexibility index (Phi) is 2.74. The van der Waals surface area contributed by atoms with Crippen molar-refractivity contribution < 1.29 is 4.79 Å². The van der Waals surface area contributed by atoms with Gasteiger partial charge in [0.1, 0.15) is 0 Å². The first kappa shape index (κ1) is 10.2. The van der Waals surface area contributed by atoms with Crippen LogP contribution in [0.2, 0.25) is 0 Å². The second-order valence-electron chi connectivity index (χ2n) is 3.82. The predicted molar refractivity (Wildman–Crippen MR) is 58.2 cm³/mol. The van der Waals surface area contributed by atoms with Crippen molar-refractivity contribution in [3.05, 3.63) is 21.9 Å². The number of aryl methyl sites for hydroxylation is 1. The standard InChI is InChI=1S/C11H12N2OS/c1-8-2-3-10(15-8)7-13-6-9(5-12)4-11(13)14/h2-3,9H,4,6-7H2,1H3. The zero-order valence-electron chi connectivity index (χ0n) is 8.56. The molecule has 15 heavy (non-hydrogen) atoms. The molecule has 1 aliphatic heterocycles. The summed E-state index contributed by atoms with van der Waals surface area (Å²) in [6.45, 7) is 3.31. The fourth-order valence-corrected chi connectivity index (χ4v) is 2.68. The van der Waals surface area contributed by atoms with Gasteiger partial charge in [-0.2, -0.15) is 5.26 Å². The van der Waals surface area contributed by atoms with Crippen LogP contribution in [0.3, 0.4) is 0 Å². The first-order valence-electron chi connectivity index (χ1n) is 4.92. The maximum atomic E-state index is 11.5. The predicted octanol–water partition coefficient (Wildman–Crippen LogP) is 1.93. The number of amides is 1. The van der Waals surface area contributed by atoms with Gasteiger partial charge in [0.05, 0.1) is 18.5 Å². The smallest absolute Gasteiger partial charge is 0.224 e. The second kappa shape index (κ2) is 4.03. The highest BCUT2D eigenvalue weighted by molar-refractivity contribution is 7.11. The summed E-state index contributed by atoms with van der Waals surface area (Å²) >= 11 is 1.71. The molecular formula is C11H12N2OS. The maximum absolute atomic E-state index is 11.5. The van der Waals surface area contributed by atoms with Crippen molar-refractivity contribution in [2.24, 2.45) is 5.92 Å². The summed E-state index contributed by atoms with van der Waals surface area (Å²) in [5, 5.41) is 8.75. The molecule has 2 heterocycles. The van der Waals surface area contributed by atoms with Crippen molar-refractivity contribution in [1.29, 1.82) is 5.26 Å². The van der Waals surface area contributed by atoms with Gasteiger partial charge in [0.2, 0.25) is 5.91 Å². The number of carbonyl (C=O) groups excluding carboxylic acids is 1. The van der Waals surface area contributed by atoms with Gasteiger partial charge in [0.15, 0.2) is 0 Å². The Balaban J connectivity index is 2.02. The average molecular weight is 220 g/mol. The summed E-state index contributed by atoms with van der Waals surface area (Å²) in [6, 6.07) is 6.26. The van der Waals surface area contributed by atoms with Crippen LogP contribution in [0, 0.1) is 24.2 Å². The molecule has 3 nitrogen and oxygen atoms in total. The number of thiophene rings is 1. The molecule has 1 aromatic heterocycles. The molecule has 1 fully saturated rings. The Labute approximate surface area is 92.9 Å². The van der Waals surface area contributed by atoms with Crippen LogP contribution in [0.5, 0.6) is 0 Å². The highest BCUT2D eigenvalue weighted by atomic mass is 32.1. The van der Waals surface area contributed by atoms with E-state index >= 15 is 0 Å². The highest BCUT2D eigenvalue weighted by Gasteiger charge is 2.29. The van der Waals surface area contributed by atoms with E-state index in [0.29, 0.717) is 19.5 Å². The lowest BCUT2D eigenvalue weighted by Crippen LogP contribution is -2.23. The molecule has 2 rings (SSSR count). The Morgan fingerprint density at radius 3 is 3.00 bits per heavy atom. The van der Waals surface area contributed by atoms with E-state index in [2.05, 4.69) is 19.1 Å². The lowest BCUT2D eigenvalue weighted by molar-refractivity contribution is -0.128. The fraction of sp³-hybridized carbons (Fsp3) is 0.455. The van der Waals surface area contributed by atoms with Gasteiger partial charge in [0, 0.05) is 22.7 Å². The molecular weight excluding hydrogens is 208 g/mol. The summed E-state index contributed by atoms with van der Waals surface area (Å²) in [7, 11) is 0. The van der Waals surface area contributed by atoms with E-state index in [-0.39, 0.29) is 11.8 Å². The van der Waals surface area contributed by atoms with Gasteiger partial charge in [-0.15, -0.1) is 11.3 Å². The minimum Gasteiger partial charge on any atom is -0.336 e. The quantitative estimate of drug-likeness (QED) is 0.764. The molecule has 0 radical (unpaired) electrons. The number of nitriles is 1. The van der Waals surface area contributed by atoms with Crippen LogP contribution in [-0.4, -0.2) is 17.4 Å². The molecule has 1 saturated heterocycles. The number of likely N-dealkylation sites (tertiary alicyclic amines) is 1. The topological polar surface area (TPSA) is 44.1 Å². The third kappa shape index (κ3) is 2.18. The largest absolute Gasteiger partial charge is 0.336 e. The van der Waals surface area contributed by atoms with E-state index in [1.54, 1.807) is 16.2 Å². The van der Waals surface area contributed by atoms with Crippen LogP contribution in [0.1, 0.15) is 16.2 Å². The lowest BCUT2D eigenvalue weighted by atomic mass is 10.1. The van der Waals surface area contributed by atoms with E-state index in [1.807, 2.05) is 6.07 Å². The number of rotatable bonds is 2. The molecule has 4 heteroatoms. The molecule has 0 saturated carbocycles. The number of carbonyl (C=O) groups is 1. The van der Waals surface area contributed by atoms with Crippen LogP contribution in [0.15, 0.2) is 12.1 Å². The van der Waals surface area contributed by atoms with Crippen LogP contribution in [0.4, 0.5) is 0 Å². The Hall–Kier alpha value is -1.34. The van der Waals surface area contributed by atoms with E-state index in [0.717, 1.165) is 0 Å². The number of hydrogen-bond donors (Lipinski definition) is 0.